The summed E-state index contributed by atoms with van der Waals surface area (Å²) < 4.78 is 50.8. The van der Waals surface area contributed by atoms with E-state index in [4.69, 9.17) is 9.15 Å². The fourth-order valence-corrected chi connectivity index (χ4v) is 2.76. The highest BCUT2D eigenvalue weighted by Crippen LogP contribution is 2.33. The van der Waals surface area contributed by atoms with Crippen LogP contribution in [0.1, 0.15) is 16.1 Å². The van der Waals surface area contributed by atoms with Gasteiger partial charge >= 0.3 is 6.18 Å². The largest absolute Gasteiger partial charge is 0.455 e. The molecule has 0 atom stereocenters. The molecule has 2 bridgehead atoms. The molecule has 3 aromatic heterocycles. The van der Waals surface area contributed by atoms with Gasteiger partial charge in [-0.05, 0) is 12.1 Å². The van der Waals surface area contributed by atoms with Crippen LogP contribution in [-0.2, 0) is 10.9 Å². The SMILES string of the molecule is O=C(c1cnc(Nc2cc3ccc2o3)nc1C(F)(F)F)N1CCOCC1. The number of ether oxygens (including phenoxy) is 1. The van der Waals surface area contributed by atoms with Crippen molar-refractivity contribution in [1.29, 1.82) is 0 Å². The number of halogens is 3. The van der Waals surface area contributed by atoms with Gasteiger partial charge in [-0.25, -0.2) is 9.97 Å². The monoisotopic (exact) mass is 366 g/mol. The number of benzene rings is 1. The van der Waals surface area contributed by atoms with E-state index in [-0.39, 0.29) is 32.3 Å². The fourth-order valence-electron chi connectivity index (χ4n) is 2.76. The summed E-state index contributed by atoms with van der Waals surface area (Å²) in [6.45, 7) is 1.02. The van der Waals surface area contributed by atoms with Crippen molar-refractivity contribution in [2.24, 2.45) is 0 Å². The van der Waals surface area contributed by atoms with Crippen LogP contribution in [-0.4, -0.2) is 47.1 Å². The fraction of sp³-hybridized carbons (Fsp3) is 0.312. The molecule has 1 saturated heterocycles. The molecule has 1 amide bonds. The lowest BCUT2D eigenvalue weighted by molar-refractivity contribution is -0.141. The standard InChI is InChI=1S/C16H13F3N4O3/c17-16(18,19)13-10(14(24)23-3-5-25-6-4-23)8-20-15(22-13)21-11-7-9-1-2-12(11)26-9/h1-2,7-8H,3-6H2,(H,20,21,22). The molecule has 0 radical (unpaired) electrons. The zero-order chi connectivity index (χ0) is 18.3. The Hall–Kier alpha value is -2.88. The van der Waals surface area contributed by atoms with Gasteiger partial charge in [-0.3, -0.25) is 4.79 Å². The lowest BCUT2D eigenvalue weighted by atomic mass is 10.2. The van der Waals surface area contributed by atoms with Crippen molar-refractivity contribution in [3.8, 4) is 0 Å². The maximum Gasteiger partial charge on any atom is 0.434 e. The third-order valence-electron chi connectivity index (χ3n) is 4.01. The van der Waals surface area contributed by atoms with E-state index in [1.807, 2.05) is 0 Å². The number of hydrogen-bond acceptors (Lipinski definition) is 6. The van der Waals surface area contributed by atoms with Crippen molar-refractivity contribution in [3.63, 3.8) is 0 Å². The normalized spacial score (nSPS) is 15.6. The van der Waals surface area contributed by atoms with Crippen molar-refractivity contribution < 1.29 is 27.1 Å². The van der Waals surface area contributed by atoms with Gasteiger partial charge in [-0.15, -0.1) is 0 Å². The first kappa shape index (κ1) is 16.6. The van der Waals surface area contributed by atoms with E-state index in [0.29, 0.717) is 16.9 Å². The number of amides is 1. The second-order valence-electron chi connectivity index (χ2n) is 5.74. The number of nitrogens with one attached hydrogen (secondary N) is 1. The maximum atomic E-state index is 13.4. The quantitative estimate of drug-likeness (QED) is 0.768. The van der Waals surface area contributed by atoms with E-state index in [9.17, 15) is 18.0 Å². The second kappa shape index (κ2) is 6.13. The Labute approximate surface area is 145 Å². The third kappa shape index (κ3) is 3.03. The lowest BCUT2D eigenvalue weighted by Crippen LogP contribution is -2.41. The van der Waals surface area contributed by atoms with Crippen LogP contribution in [0.4, 0.5) is 24.8 Å². The van der Waals surface area contributed by atoms with E-state index in [2.05, 4.69) is 15.3 Å². The van der Waals surface area contributed by atoms with Gasteiger partial charge in [-0.1, -0.05) is 0 Å². The molecule has 3 aromatic rings. The van der Waals surface area contributed by atoms with Crippen molar-refractivity contribution in [2.45, 2.75) is 6.18 Å². The zero-order valence-corrected chi connectivity index (χ0v) is 13.3. The predicted molar refractivity (Wildman–Crippen MR) is 84.4 cm³/mol. The number of anilines is 2. The molecule has 1 aliphatic rings. The summed E-state index contributed by atoms with van der Waals surface area (Å²) in [6, 6.07) is 5.03. The summed E-state index contributed by atoms with van der Waals surface area (Å²) in [5, 5.41) is 2.69. The molecular formula is C16H13F3N4O3. The summed E-state index contributed by atoms with van der Waals surface area (Å²) in [4.78, 5) is 21.2. The summed E-state index contributed by atoms with van der Waals surface area (Å²) in [7, 11) is 0. The molecule has 1 N–H and O–H groups in total. The average molecular weight is 366 g/mol. The van der Waals surface area contributed by atoms with Crippen LogP contribution < -0.4 is 5.32 Å². The molecular weight excluding hydrogens is 353 g/mol. The van der Waals surface area contributed by atoms with Gasteiger partial charge in [0.2, 0.25) is 5.95 Å². The Morgan fingerprint density at radius 2 is 2.00 bits per heavy atom. The summed E-state index contributed by atoms with van der Waals surface area (Å²) >= 11 is 0. The van der Waals surface area contributed by atoms with Crippen LogP contribution in [0.2, 0.25) is 0 Å². The number of rotatable bonds is 3. The topological polar surface area (TPSA) is 80.5 Å². The minimum absolute atomic E-state index is 0.226. The summed E-state index contributed by atoms with van der Waals surface area (Å²) in [6.07, 6.45) is -3.89. The second-order valence-corrected chi connectivity index (χ2v) is 5.74. The van der Waals surface area contributed by atoms with Gasteiger partial charge in [0.25, 0.3) is 5.91 Å². The minimum Gasteiger partial charge on any atom is -0.455 e. The number of carbonyl (C=O) groups is 1. The smallest absolute Gasteiger partial charge is 0.434 e. The van der Waals surface area contributed by atoms with Crippen LogP contribution in [0.3, 0.4) is 0 Å². The minimum atomic E-state index is -4.79. The molecule has 4 rings (SSSR count). The third-order valence-corrected chi connectivity index (χ3v) is 4.01. The van der Waals surface area contributed by atoms with Crippen LogP contribution >= 0.6 is 0 Å². The van der Waals surface area contributed by atoms with Gasteiger partial charge in [-0.2, -0.15) is 13.2 Å². The molecule has 4 heterocycles. The zero-order valence-electron chi connectivity index (χ0n) is 13.3. The summed E-state index contributed by atoms with van der Waals surface area (Å²) in [5.74, 6) is -1.03. The molecule has 0 unspecified atom stereocenters. The van der Waals surface area contributed by atoms with E-state index in [1.165, 1.54) is 4.90 Å². The van der Waals surface area contributed by atoms with Crippen LogP contribution in [0.5, 0.6) is 0 Å². The molecule has 7 nitrogen and oxygen atoms in total. The van der Waals surface area contributed by atoms with E-state index in [1.54, 1.807) is 18.2 Å². The highest BCUT2D eigenvalue weighted by atomic mass is 19.4. The Bertz CT molecular complexity index is 934. The summed E-state index contributed by atoms with van der Waals surface area (Å²) in [5.41, 5.74) is -0.333. The van der Waals surface area contributed by atoms with Gasteiger partial charge in [0.1, 0.15) is 5.58 Å². The first-order valence-corrected chi connectivity index (χ1v) is 7.82. The van der Waals surface area contributed by atoms with E-state index < -0.39 is 23.3 Å². The highest BCUT2D eigenvalue weighted by Gasteiger charge is 2.39. The Morgan fingerprint density at radius 1 is 1.23 bits per heavy atom. The molecule has 0 aliphatic carbocycles. The first-order valence-electron chi connectivity index (χ1n) is 7.82. The molecule has 10 heteroatoms. The van der Waals surface area contributed by atoms with Crippen molar-refractivity contribution in [2.75, 3.05) is 31.6 Å². The number of fused-ring (bicyclic) bond motifs is 2. The molecule has 0 saturated carbocycles. The van der Waals surface area contributed by atoms with Crippen molar-refractivity contribution in [3.05, 3.63) is 35.7 Å². The van der Waals surface area contributed by atoms with Gasteiger partial charge < -0.3 is 19.4 Å². The number of hydrogen-bond donors (Lipinski definition) is 1. The molecule has 136 valence electrons. The number of morpholine rings is 1. The maximum absolute atomic E-state index is 13.4. The van der Waals surface area contributed by atoms with Crippen LogP contribution in [0.15, 0.2) is 28.8 Å². The Balaban J connectivity index is 1.66. The molecule has 26 heavy (non-hydrogen) atoms. The molecule has 0 spiro atoms. The van der Waals surface area contributed by atoms with E-state index in [0.717, 1.165) is 6.20 Å². The van der Waals surface area contributed by atoms with Crippen LogP contribution in [0.25, 0.3) is 11.2 Å². The lowest BCUT2D eigenvalue weighted by Gasteiger charge is -2.27. The Morgan fingerprint density at radius 3 is 2.62 bits per heavy atom. The first-order chi connectivity index (χ1) is 12.4. The van der Waals surface area contributed by atoms with Gasteiger partial charge in [0.05, 0.1) is 24.5 Å². The number of carbonyl (C=O) groups excluding carboxylic acids is 1. The van der Waals surface area contributed by atoms with E-state index >= 15 is 0 Å². The molecule has 0 aromatic carbocycles. The number of furan rings is 2. The highest BCUT2D eigenvalue weighted by molar-refractivity contribution is 5.95. The van der Waals surface area contributed by atoms with Crippen LogP contribution in [0, 0.1) is 0 Å². The number of alkyl halides is 3. The predicted octanol–water partition coefficient (Wildman–Crippen LogP) is 2.90. The van der Waals surface area contributed by atoms with Gasteiger partial charge in [0, 0.05) is 25.4 Å². The average Bonchev–Trinajstić information content (AvgIpc) is 3.24. The molecule has 1 aliphatic heterocycles. The number of nitrogens with zero attached hydrogens (tertiary/aromatic N) is 3. The number of aromatic nitrogens is 2. The molecule has 1 fully saturated rings. The Kier molecular flexibility index (Phi) is 3.91. The van der Waals surface area contributed by atoms with Crippen molar-refractivity contribution in [1.82, 2.24) is 14.9 Å². The van der Waals surface area contributed by atoms with Gasteiger partial charge in [0.15, 0.2) is 11.3 Å². The van der Waals surface area contributed by atoms with Crippen molar-refractivity contribution >= 4 is 28.7 Å².